The van der Waals surface area contributed by atoms with Gasteiger partial charge in [0.15, 0.2) is 5.11 Å². The highest BCUT2D eigenvalue weighted by Gasteiger charge is 2.13. The minimum absolute atomic E-state index is 0.429. The quantitative estimate of drug-likeness (QED) is 0.628. The van der Waals surface area contributed by atoms with Crippen LogP contribution in [0.1, 0.15) is 38.5 Å². The Balaban J connectivity index is 2.50. The van der Waals surface area contributed by atoms with Crippen molar-refractivity contribution in [3.05, 3.63) is 22.4 Å². The molecule has 96 valence electrons. The molecule has 0 amide bonds. The smallest absolute Gasteiger partial charge is 0.169 e. The van der Waals surface area contributed by atoms with Crippen LogP contribution in [0.4, 0.5) is 0 Å². The lowest BCUT2D eigenvalue weighted by molar-refractivity contribution is 0.340. The largest absolute Gasteiger partial charge is 0.363 e. The number of thiocarbonyl (C=S) groups is 1. The van der Waals surface area contributed by atoms with Crippen LogP contribution in [0.3, 0.4) is 0 Å². The maximum absolute atomic E-state index is 5.46. The summed E-state index contributed by atoms with van der Waals surface area (Å²) in [5.41, 5.74) is 0. The highest BCUT2D eigenvalue weighted by molar-refractivity contribution is 7.80. The molecule has 4 heteroatoms. The van der Waals surface area contributed by atoms with Crippen LogP contribution in [-0.4, -0.2) is 22.6 Å². The van der Waals surface area contributed by atoms with E-state index < -0.39 is 0 Å². The van der Waals surface area contributed by atoms with E-state index >= 15 is 0 Å². The molecule has 0 saturated heterocycles. The second-order valence-electron chi connectivity index (χ2n) is 4.39. The van der Waals surface area contributed by atoms with E-state index in [1.165, 1.54) is 17.7 Å². The van der Waals surface area contributed by atoms with Gasteiger partial charge in [-0.1, -0.05) is 19.4 Å². The number of nitrogens with zero attached hydrogens (tertiary/aromatic N) is 1. The fourth-order valence-corrected chi connectivity index (χ4v) is 2.61. The third-order valence-electron chi connectivity index (χ3n) is 2.60. The highest BCUT2D eigenvalue weighted by Crippen LogP contribution is 2.14. The number of unbranched alkanes of at least 4 members (excludes halogenated alkanes) is 1. The lowest BCUT2D eigenvalue weighted by Gasteiger charge is -2.29. The molecule has 1 aromatic rings. The molecule has 1 heterocycles. The molecule has 0 unspecified atom stereocenters. The van der Waals surface area contributed by atoms with Gasteiger partial charge < -0.3 is 10.2 Å². The van der Waals surface area contributed by atoms with Gasteiger partial charge in [-0.15, -0.1) is 11.3 Å². The van der Waals surface area contributed by atoms with Gasteiger partial charge in [-0.3, -0.25) is 0 Å². The van der Waals surface area contributed by atoms with Crippen molar-refractivity contribution in [2.75, 3.05) is 6.54 Å². The Labute approximate surface area is 114 Å². The molecule has 1 N–H and O–H groups in total. The van der Waals surface area contributed by atoms with Crippen LogP contribution in [0.15, 0.2) is 17.5 Å². The Morgan fingerprint density at radius 2 is 2.29 bits per heavy atom. The predicted octanol–water partition coefficient (Wildman–Crippen LogP) is 3.63. The van der Waals surface area contributed by atoms with Gasteiger partial charge in [0.1, 0.15) is 0 Å². The van der Waals surface area contributed by atoms with Crippen LogP contribution in [0.25, 0.3) is 0 Å². The van der Waals surface area contributed by atoms with E-state index in [0.29, 0.717) is 6.04 Å². The minimum atomic E-state index is 0.429. The number of rotatable bonds is 6. The van der Waals surface area contributed by atoms with Crippen molar-refractivity contribution >= 4 is 28.7 Å². The van der Waals surface area contributed by atoms with Crippen molar-refractivity contribution in [2.24, 2.45) is 0 Å². The molecule has 2 nitrogen and oxygen atoms in total. The van der Waals surface area contributed by atoms with E-state index in [0.717, 1.165) is 18.2 Å². The van der Waals surface area contributed by atoms with Gasteiger partial charge in [0, 0.05) is 17.5 Å². The Morgan fingerprint density at radius 3 is 2.82 bits per heavy atom. The predicted molar refractivity (Wildman–Crippen MR) is 80.5 cm³/mol. The van der Waals surface area contributed by atoms with Crippen molar-refractivity contribution in [1.82, 2.24) is 10.2 Å². The second-order valence-corrected chi connectivity index (χ2v) is 5.81. The summed E-state index contributed by atoms with van der Waals surface area (Å²) in [6.45, 7) is 8.44. The molecule has 0 fully saturated rings. The average molecular weight is 270 g/mol. The van der Waals surface area contributed by atoms with Gasteiger partial charge in [0.25, 0.3) is 0 Å². The first kappa shape index (κ1) is 14.5. The first-order valence-corrected chi connectivity index (χ1v) is 7.50. The van der Waals surface area contributed by atoms with E-state index in [2.05, 4.69) is 48.5 Å². The molecule has 0 radical (unpaired) electrons. The van der Waals surface area contributed by atoms with Gasteiger partial charge >= 0.3 is 0 Å². The molecule has 0 aliphatic rings. The SMILES string of the molecule is CCCCNC(=S)N(Cc1cccs1)C(C)C. The molecule has 1 rings (SSSR count). The number of hydrogen-bond acceptors (Lipinski definition) is 2. The number of nitrogens with one attached hydrogen (secondary N) is 1. The molecular weight excluding hydrogens is 248 g/mol. The van der Waals surface area contributed by atoms with E-state index in [9.17, 15) is 0 Å². The third-order valence-corrected chi connectivity index (χ3v) is 3.84. The highest BCUT2D eigenvalue weighted by atomic mass is 32.1. The van der Waals surface area contributed by atoms with Crippen molar-refractivity contribution < 1.29 is 0 Å². The van der Waals surface area contributed by atoms with E-state index in [-0.39, 0.29) is 0 Å². The van der Waals surface area contributed by atoms with E-state index in [4.69, 9.17) is 12.2 Å². The average Bonchev–Trinajstić information content (AvgIpc) is 2.78. The van der Waals surface area contributed by atoms with Crippen molar-refractivity contribution in [3.63, 3.8) is 0 Å². The van der Waals surface area contributed by atoms with Crippen LogP contribution in [0.5, 0.6) is 0 Å². The van der Waals surface area contributed by atoms with Gasteiger partial charge in [-0.2, -0.15) is 0 Å². The van der Waals surface area contributed by atoms with Gasteiger partial charge in [-0.25, -0.2) is 0 Å². The number of hydrogen-bond donors (Lipinski definition) is 1. The van der Waals surface area contributed by atoms with Crippen LogP contribution < -0.4 is 5.32 Å². The first-order chi connectivity index (χ1) is 8.15. The van der Waals surface area contributed by atoms with Crippen molar-refractivity contribution in [2.45, 2.75) is 46.2 Å². The zero-order valence-electron chi connectivity index (χ0n) is 10.9. The molecule has 0 spiro atoms. The monoisotopic (exact) mass is 270 g/mol. The summed E-state index contributed by atoms with van der Waals surface area (Å²) in [5.74, 6) is 0. The standard InChI is InChI=1S/C13H22N2S2/c1-4-5-8-14-13(16)15(11(2)3)10-12-7-6-9-17-12/h6-7,9,11H,4-5,8,10H2,1-3H3,(H,14,16). The third kappa shape index (κ3) is 5.04. The van der Waals surface area contributed by atoms with E-state index in [1.54, 1.807) is 11.3 Å². The maximum atomic E-state index is 5.46. The maximum Gasteiger partial charge on any atom is 0.169 e. The Hall–Kier alpha value is -0.610. The molecule has 0 aliphatic heterocycles. The molecule has 1 aromatic heterocycles. The first-order valence-electron chi connectivity index (χ1n) is 6.22. The minimum Gasteiger partial charge on any atom is -0.363 e. The van der Waals surface area contributed by atoms with Gasteiger partial charge in [0.2, 0.25) is 0 Å². The molecule has 0 aromatic carbocycles. The summed E-state index contributed by atoms with van der Waals surface area (Å²) >= 11 is 7.24. The Kier molecular flexibility index (Phi) is 6.52. The zero-order valence-corrected chi connectivity index (χ0v) is 12.5. The van der Waals surface area contributed by atoms with Crippen LogP contribution in [0, 0.1) is 0 Å². The Bertz CT molecular complexity index is 320. The molecule has 0 saturated carbocycles. The molecule has 17 heavy (non-hydrogen) atoms. The van der Waals surface area contributed by atoms with Crippen molar-refractivity contribution in [1.29, 1.82) is 0 Å². The fraction of sp³-hybridized carbons (Fsp3) is 0.615. The van der Waals surface area contributed by atoms with Crippen molar-refractivity contribution in [3.8, 4) is 0 Å². The fourth-order valence-electron chi connectivity index (χ4n) is 1.53. The molecule has 0 atom stereocenters. The molecule has 0 aliphatic carbocycles. The number of thiophene rings is 1. The zero-order chi connectivity index (χ0) is 12.7. The van der Waals surface area contributed by atoms with Crippen LogP contribution >= 0.6 is 23.6 Å². The second kappa shape index (κ2) is 7.67. The molecule has 0 bridgehead atoms. The summed E-state index contributed by atoms with van der Waals surface area (Å²) in [6.07, 6.45) is 2.37. The topological polar surface area (TPSA) is 15.3 Å². The summed E-state index contributed by atoms with van der Waals surface area (Å²) in [5, 5.41) is 6.33. The Morgan fingerprint density at radius 1 is 1.53 bits per heavy atom. The summed E-state index contributed by atoms with van der Waals surface area (Å²) < 4.78 is 0. The summed E-state index contributed by atoms with van der Waals surface area (Å²) in [4.78, 5) is 3.61. The normalized spacial score (nSPS) is 10.6. The van der Waals surface area contributed by atoms with Crippen LogP contribution in [-0.2, 0) is 6.54 Å². The molecular formula is C13H22N2S2. The van der Waals surface area contributed by atoms with Gasteiger partial charge in [-0.05, 0) is 43.9 Å². The summed E-state index contributed by atoms with van der Waals surface area (Å²) in [7, 11) is 0. The van der Waals surface area contributed by atoms with Crippen LogP contribution in [0.2, 0.25) is 0 Å². The van der Waals surface area contributed by atoms with E-state index in [1.807, 2.05) is 0 Å². The summed E-state index contributed by atoms with van der Waals surface area (Å²) in [6, 6.07) is 4.68. The lowest BCUT2D eigenvalue weighted by Crippen LogP contribution is -2.43. The lowest BCUT2D eigenvalue weighted by atomic mass is 10.3. The van der Waals surface area contributed by atoms with Gasteiger partial charge in [0.05, 0.1) is 6.54 Å².